The Bertz CT molecular complexity index is 460. The second-order valence-electron chi connectivity index (χ2n) is 4.88. The summed E-state index contributed by atoms with van der Waals surface area (Å²) in [7, 11) is -4.39. The van der Waals surface area contributed by atoms with Gasteiger partial charge in [-0.2, -0.15) is 0 Å². The maximum absolute atomic E-state index is 13.4. The van der Waals surface area contributed by atoms with Gasteiger partial charge >= 0.3 is 0 Å². The Balaban J connectivity index is 2.04. The summed E-state index contributed by atoms with van der Waals surface area (Å²) in [4.78, 5) is 11.5. The third kappa shape index (κ3) is 1.92. The zero-order valence-corrected chi connectivity index (χ0v) is 9.86. The fourth-order valence-corrected chi connectivity index (χ4v) is 3.02. The molecule has 2 atom stereocenters. The van der Waals surface area contributed by atoms with Crippen molar-refractivity contribution in [2.24, 2.45) is 11.3 Å². The zero-order chi connectivity index (χ0) is 13.1. The van der Waals surface area contributed by atoms with Crippen molar-refractivity contribution in [2.45, 2.75) is 37.6 Å². The minimum absolute atomic E-state index is 0.0781. The van der Waals surface area contributed by atoms with Crippen LogP contribution in [0.1, 0.15) is 26.2 Å². The van der Waals surface area contributed by atoms with Crippen LogP contribution in [0.5, 0.6) is 0 Å². The first-order chi connectivity index (χ1) is 7.62. The zero-order valence-electron chi connectivity index (χ0n) is 9.04. The summed E-state index contributed by atoms with van der Waals surface area (Å²) < 4.78 is 62.4. The third-order valence-electron chi connectivity index (χ3n) is 3.48. The van der Waals surface area contributed by atoms with Crippen molar-refractivity contribution in [3.8, 4) is 0 Å². The first kappa shape index (κ1) is 12.7. The first-order valence-electron chi connectivity index (χ1n) is 5.16. The molecule has 2 aliphatic rings. The van der Waals surface area contributed by atoms with Crippen molar-refractivity contribution in [3.63, 3.8) is 0 Å². The fourth-order valence-electron chi connectivity index (χ4n) is 1.72. The molecule has 0 radical (unpaired) electrons. The van der Waals surface area contributed by atoms with Crippen molar-refractivity contribution >= 4 is 15.9 Å². The average molecular weight is 271 g/mol. The van der Waals surface area contributed by atoms with Gasteiger partial charge in [-0.15, -0.1) is 0 Å². The van der Waals surface area contributed by atoms with E-state index in [2.05, 4.69) is 0 Å². The SMILES string of the molecule is C[C@]1(C(=O)NS(=O)(=O)C2(F)CC2)C[C@H]1C(F)F. The van der Waals surface area contributed by atoms with Crippen LogP contribution in [-0.2, 0) is 14.8 Å². The predicted octanol–water partition coefficient (Wildman–Crippen LogP) is 1.18. The van der Waals surface area contributed by atoms with E-state index in [1.807, 2.05) is 0 Å². The van der Waals surface area contributed by atoms with Gasteiger partial charge in [0.2, 0.25) is 17.3 Å². The monoisotopic (exact) mass is 271 g/mol. The molecule has 1 N–H and O–H groups in total. The molecule has 1 amide bonds. The van der Waals surface area contributed by atoms with E-state index in [1.54, 1.807) is 4.72 Å². The van der Waals surface area contributed by atoms with Crippen molar-refractivity contribution in [3.05, 3.63) is 0 Å². The predicted molar refractivity (Wildman–Crippen MR) is 52.4 cm³/mol. The van der Waals surface area contributed by atoms with Crippen LogP contribution in [0.25, 0.3) is 0 Å². The van der Waals surface area contributed by atoms with Gasteiger partial charge in [0.15, 0.2) is 0 Å². The van der Waals surface area contributed by atoms with Crippen LogP contribution >= 0.6 is 0 Å². The van der Waals surface area contributed by atoms with Crippen molar-refractivity contribution in [1.29, 1.82) is 0 Å². The Morgan fingerprint density at radius 1 is 1.41 bits per heavy atom. The molecule has 0 aromatic carbocycles. The van der Waals surface area contributed by atoms with Crippen molar-refractivity contribution < 1.29 is 26.4 Å². The summed E-state index contributed by atoms with van der Waals surface area (Å²) >= 11 is 0. The summed E-state index contributed by atoms with van der Waals surface area (Å²) in [6, 6.07) is 0. The number of hydrogen-bond acceptors (Lipinski definition) is 3. The Morgan fingerprint density at radius 2 is 1.94 bits per heavy atom. The highest BCUT2D eigenvalue weighted by molar-refractivity contribution is 7.91. The van der Waals surface area contributed by atoms with E-state index in [0.717, 1.165) is 0 Å². The van der Waals surface area contributed by atoms with E-state index in [9.17, 15) is 26.4 Å². The molecule has 2 saturated carbocycles. The molecular weight excluding hydrogens is 259 g/mol. The van der Waals surface area contributed by atoms with Crippen LogP contribution in [0.15, 0.2) is 0 Å². The molecule has 17 heavy (non-hydrogen) atoms. The van der Waals surface area contributed by atoms with Gasteiger partial charge in [-0.05, 0) is 6.42 Å². The molecule has 2 fully saturated rings. The molecule has 0 heterocycles. The summed E-state index contributed by atoms with van der Waals surface area (Å²) in [5.74, 6) is -2.18. The van der Waals surface area contributed by atoms with Gasteiger partial charge in [0, 0.05) is 18.8 Å². The van der Waals surface area contributed by atoms with Gasteiger partial charge in [-0.25, -0.2) is 26.3 Å². The van der Waals surface area contributed by atoms with Crippen LogP contribution in [0.4, 0.5) is 13.2 Å². The molecule has 98 valence electrons. The Morgan fingerprint density at radius 3 is 2.29 bits per heavy atom. The lowest BCUT2D eigenvalue weighted by Gasteiger charge is -2.14. The maximum Gasteiger partial charge on any atom is 0.270 e. The molecule has 0 bridgehead atoms. The fraction of sp³-hybridized carbons (Fsp3) is 0.889. The number of rotatable bonds is 4. The van der Waals surface area contributed by atoms with E-state index < -0.39 is 38.7 Å². The molecule has 4 nitrogen and oxygen atoms in total. The van der Waals surface area contributed by atoms with E-state index in [1.165, 1.54) is 6.92 Å². The molecule has 0 aromatic heterocycles. The van der Waals surface area contributed by atoms with E-state index in [4.69, 9.17) is 0 Å². The highest BCUT2D eigenvalue weighted by Crippen LogP contribution is 2.56. The number of amides is 1. The minimum Gasteiger partial charge on any atom is -0.273 e. The van der Waals surface area contributed by atoms with E-state index in [0.29, 0.717) is 0 Å². The van der Waals surface area contributed by atoms with Gasteiger partial charge in [0.05, 0.1) is 5.41 Å². The van der Waals surface area contributed by atoms with Gasteiger partial charge in [-0.3, -0.25) is 4.79 Å². The number of nitrogens with one attached hydrogen (secondary N) is 1. The normalized spacial score (nSPS) is 34.5. The molecule has 0 aliphatic heterocycles. The summed E-state index contributed by atoms with van der Waals surface area (Å²) in [6.45, 7) is 1.26. The molecular formula is C9H12F3NO3S. The maximum atomic E-state index is 13.4. The third-order valence-corrected chi connectivity index (χ3v) is 5.30. The number of carbonyl (C=O) groups is 1. The molecule has 2 rings (SSSR count). The topological polar surface area (TPSA) is 63.2 Å². The van der Waals surface area contributed by atoms with Gasteiger partial charge in [-0.1, -0.05) is 6.92 Å². The molecule has 0 aromatic rings. The number of carbonyl (C=O) groups excluding carboxylic acids is 1. The molecule has 0 spiro atoms. The smallest absolute Gasteiger partial charge is 0.270 e. The lowest BCUT2D eigenvalue weighted by molar-refractivity contribution is -0.125. The highest BCUT2D eigenvalue weighted by Gasteiger charge is 2.63. The quantitative estimate of drug-likeness (QED) is 0.835. The first-order valence-corrected chi connectivity index (χ1v) is 6.65. The van der Waals surface area contributed by atoms with Crippen molar-refractivity contribution in [1.82, 2.24) is 4.72 Å². The summed E-state index contributed by atoms with van der Waals surface area (Å²) in [6.07, 6.45) is -3.07. The Hall–Kier alpha value is -0.790. The van der Waals surface area contributed by atoms with E-state index in [-0.39, 0.29) is 19.3 Å². The number of sulfonamides is 1. The number of hydrogen-bond donors (Lipinski definition) is 1. The second kappa shape index (κ2) is 3.37. The second-order valence-corrected chi connectivity index (χ2v) is 6.82. The van der Waals surface area contributed by atoms with Crippen molar-refractivity contribution in [2.75, 3.05) is 0 Å². The molecule has 2 aliphatic carbocycles. The highest BCUT2D eigenvalue weighted by atomic mass is 32.2. The van der Waals surface area contributed by atoms with Crippen LogP contribution in [0.2, 0.25) is 0 Å². The average Bonchev–Trinajstić information content (AvgIpc) is 3.04. The largest absolute Gasteiger partial charge is 0.273 e. The van der Waals surface area contributed by atoms with Gasteiger partial charge in [0.1, 0.15) is 0 Å². The Kier molecular flexibility index (Phi) is 2.51. The van der Waals surface area contributed by atoms with Crippen LogP contribution in [-0.4, -0.2) is 25.8 Å². The van der Waals surface area contributed by atoms with Gasteiger partial charge < -0.3 is 0 Å². The number of alkyl halides is 3. The minimum atomic E-state index is -4.39. The van der Waals surface area contributed by atoms with Crippen LogP contribution < -0.4 is 4.72 Å². The van der Waals surface area contributed by atoms with Crippen LogP contribution in [0.3, 0.4) is 0 Å². The molecule has 8 heteroatoms. The summed E-state index contributed by atoms with van der Waals surface area (Å²) in [5, 5.41) is -2.39. The van der Waals surface area contributed by atoms with Crippen LogP contribution in [0, 0.1) is 11.3 Å². The van der Waals surface area contributed by atoms with Gasteiger partial charge in [0.25, 0.3) is 10.0 Å². The number of halogens is 3. The molecule has 0 saturated heterocycles. The Labute approximate surface area is 96.6 Å². The molecule has 0 unspecified atom stereocenters. The lowest BCUT2D eigenvalue weighted by Crippen LogP contribution is -2.41. The standard InChI is InChI=1S/C9H12F3NO3S/c1-8(4-5(8)6(10)11)7(14)13-17(15,16)9(12)2-3-9/h5-6H,2-4H2,1H3,(H,13,14)/t5-,8-/m0/s1. The summed E-state index contributed by atoms with van der Waals surface area (Å²) in [5.41, 5.74) is -1.40. The lowest BCUT2D eigenvalue weighted by atomic mass is 10.1. The van der Waals surface area contributed by atoms with E-state index >= 15 is 0 Å².